The Morgan fingerprint density at radius 2 is 2.12 bits per heavy atom. The predicted molar refractivity (Wildman–Crippen MR) is 69.5 cm³/mol. The fraction of sp³-hybridized carbons (Fsp3) is 0.467. The lowest BCUT2D eigenvalue weighted by Crippen LogP contribution is -2.37. The van der Waals surface area contributed by atoms with Gasteiger partial charge >= 0.3 is 0 Å². The van der Waals surface area contributed by atoms with Crippen molar-refractivity contribution in [1.82, 2.24) is 5.32 Å². The fourth-order valence-electron chi connectivity index (χ4n) is 2.35. The van der Waals surface area contributed by atoms with Crippen molar-refractivity contribution in [3.63, 3.8) is 0 Å². The van der Waals surface area contributed by atoms with Gasteiger partial charge in [0.1, 0.15) is 5.82 Å². The molecule has 0 fully saturated rings. The minimum absolute atomic E-state index is 0.162. The average molecular weight is 233 g/mol. The van der Waals surface area contributed by atoms with Crippen molar-refractivity contribution in [2.75, 3.05) is 0 Å². The third-order valence-electron chi connectivity index (χ3n) is 3.21. The Morgan fingerprint density at radius 3 is 2.76 bits per heavy atom. The molecule has 1 nitrogen and oxygen atoms in total. The van der Waals surface area contributed by atoms with E-state index in [4.69, 9.17) is 0 Å². The molecular weight excluding hydrogens is 213 g/mol. The highest BCUT2D eigenvalue weighted by Gasteiger charge is 2.11. The standard InChI is InChI=1S/C15H20FN/c1-12(17-15-5-3-2-4-6-15)11-13-7-9-14(16)10-8-13/h3,5,7-10,12,15,17H,2,4,6,11H2,1H3. The molecule has 2 rings (SSSR count). The lowest BCUT2D eigenvalue weighted by Gasteiger charge is -2.23. The second-order valence-corrected chi connectivity index (χ2v) is 4.86. The van der Waals surface area contributed by atoms with Gasteiger partial charge in [-0.3, -0.25) is 0 Å². The molecule has 2 atom stereocenters. The normalized spacial score (nSPS) is 21.4. The second kappa shape index (κ2) is 5.97. The summed E-state index contributed by atoms with van der Waals surface area (Å²) < 4.78 is 12.8. The minimum atomic E-state index is -0.162. The molecule has 0 bridgehead atoms. The molecule has 1 aliphatic rings. The van der Waals surface area contributed by atoms with Crippen LogP contribution in [0.15, 0.2) is 36.4 Å². The van der Waals surface area contributed by atoms with E-state index in [1.165, 1.54) is 37.0 Å². The van der Waals surface area contributed by atoms with Crippen LogP contribution < -0.4 is 5.32 Å². The van der Waals surface area contributed by atoms with E-state index in [0.29, 0.717) is 12.1 Å². The van der Waals surface area contributed by atoms with Crippen LogP contribution >= 0.6 is 0 Å². The van der Waals surface area contributed by atoms with Crippen LogP contribution in [0.25, 0.3) is 0 Å². The Morgan fingerprint density at radius 1 is 1.35 bits per heavy atom. The van der Waals surface area contributed by atoms with E-state index in [2.05, 4.69) is 24.4 Å². The van der Waals surface area contributed by atoms with Crippen LogP contribution in [-0.4, -0.2) is 12.1 Å². The summed E-state index contributed by atoms with van der Waals surface area (Å²) >= 11 is 0. The fourth-order valence-corrected chi connectivity index (χ4v) is 2.35. The van der Waals surface area contributed by atoms with E-state index >= 15 is 0 Å². The van der Waals surface area contributed by atoms with Crippen LogP contribution in [-0.2, 0) is 6.42 Å². The smallest absolute Gasteiger partial charge is 0.123 e. The van der Waals surface area contributed by atoms with Crippen molar-refractivity contribution in [3.8, 4) is 0 Å². The van der Waals surface area contributed by atoms with E-state index < -0.39 is 0 Å². The summed E-state index contributed by atoms with van der Waals surface area (Å²) in [7, 11) is 0. The van der Waals surface area contributed by atoms with Crippen LogP contribution in [0.4, 0.5) is 4.39 Å². The van der Waals surface area contributed by atoms with Crippen molar-refractivity contribution < 1.29 is 4.39 Å². The maximum atomic E-state index is 12.8. The molecule has 0 radical (unpaired) electrons. The second-order valence-electron chi connectivity index (χ2n) is 4.86. The zero-order valence-electron chi connectivity index (χ0n) is 10.3. The number of allylic oxidation sites excluding steroid dienone is 1. The lowest BCUT2D eigenvalue weighted by molar-refractivity contribution is 0.455. The van der Waals surface area contributed by atoms with Crippen molar-refractivity contribution in [2.45, 2.75) is 44.7 Å². The monoisotopic (exact) mass is 233 g/mol. The summed E-state index contributed by atoms with van der Waals surface area (Å²) in [6.45, 7) is 2.19. The third kappa shape index (κ3) is 3.97. The highest BCUT2D eigenvalue weighted by molar-refractivity contribution is 5.17. The van der Waals surface area contributed by atoms with Crippen molar-refractivity contribution >= 4 is 0 Å². The molecule has 0 saturated carbocycles. The molecule has 1 aromatic rings. The van der Waals surface area contributed by atoms with Crippen LogP contribution in [0.3, 0.4) is 0 Å². The molecule has 2 heteroatoms. The topological polar surface area (TPSA) is 12.0 Å². The van der Waals surface area contributed by atoms with E-state index in [1.807, 2.05) is 12.1 Å². The number of hydrogen-bond acceptors (Lipinski definition) is 1. The molecule has 0 heterocycles. The zero-order valence-corrected chi connectivity index (χ0v) is 10.3. The van der Waals surface area contributed by atoms with Gasteiger partial charge in [-0.05, 0) is 50.3 Å². The van der Waals surface area contributed by atoms with E-state index in [1.54, 1.807) is 0 Å². The first kappa shape index (κ1) is 12.3. The van der Waals surface area contributed by atoms with Gasteiger partial charge in [0.2, 0.25) is 0 Å². The number of nitrogens with one attached hydrogen (secondary N) is 1. The van der Waals surface area contributed by atoms with Gasteiger partial charge in [-0.15, -0.1) is 0 Å². The summed E-state index contributed by atoms with van der Waals surface area (Å²) in [4.78, 5) is 0. The third-order valence-corrected chi connectivity index (χ3v) is 3.21. The van der Waals surface area contributed by atoms with E-state index in [0.717, 1.165) is 6.42 Å². The number of halogens is 1. The van der Waals surface area contributed by atoms with E-state index in [9.17, 15) is 4.39 Å². The predicted octanol–water partition coefficient (Wildman–Crippen LogP) is 3.46. The Kier molecular flexibility index (Phi) is 4.32. The van der Waals surface area contributed by atoms with Crippen LogP contribution in [0.1, 0.15) is 31.7 Å². The Bertz CT molecular complexity index is 369. The van der Waals surface area contributed by atoms with Gasteiger partial charge in [0, 0.05) is 12.1 Å². The van der Waals surface area contributed by atoms with Gasteiger partial charge < -0.3 is 5.32 Å². The lowest BCUT2D eigenvalue weighted by atomic mass is 10.0. The first-order valence-corrected chi connectivity index (χ1v) is 6.41. The van der Waals surface area contributed by atoms with Crippen LogP contribution in [0, 0.1) is 5.82 Å². The molecule has 17 heavy (non-hydrogen) atoms. The highest BCUT2D eigenvalue weighted by atomic mass is 19.1. The summed E-state index contributed by atoms with van der Waals surface area (Å²) in [5.41, 5.74) is 1.19. The first-order chi connectivity index (χ1) is 8.24. The average Bonchev–Trinajstić information content (AvgIpc) is 2.33. The number of benzene rings is 1. The summed E-state index contributed by atoms with van der Waals surface area (Å²) in [6, 6.07) is 7.73. The van der Waals surface area contributed by atoms with Gasteiger partial charge in [-0.1, -0.05) is 24.3 Å². The van der Waals surface area contributed by atoms with Gasteiger partial charge in [0.05, 0.1) is 0 Å². The van der Waals surface area contributed by atoms with Gasteiger partial charge in [-0.25, -0.2) is 4.39 Å². The largest absolute Gasteiger partial charge is 0.308 e. The molecule has 0 aliphatic heterocycles. The Hall–Kier alpha value is -1.15. The summed E-state index contributed by atoms with van der Waals surface area (Å²) in [6.07, 6.45) is 9.19. The quantitative estimate of drug-likeness (QED) is 0.785. The van der Waals surface area contributed by atoms with Gasteiger partial charge in [0.15, 0.2) is 0 Å². The molecule has 2 unspecified atom stereocenters. The Labute approximate surface area is 103 Å². The maximum absolute atomic E-state index is 12.8. The number of rotatable bonds is 4. The van der Waals surface area contributed by atoms with Gasteiger partial charge in [0.25, 0.3) is 0 Å². The minimum Gasteiger partial charge on any atom is -0.308 e. The Balaban J connectivity index is 1.84. The van der Waals surface area contributed by atoms with Crippen LogP contribution in [0.2, 0.25) is 0 Å². The maximum Gasteiger partial charge on any atom is 0.123 e. The SMILES string of the molecule is CC(Cc1ccc(F)cc1)NC1C=CCCC1. The molecule has 1 N–H and O–H groups in total. The van der Waals surface area contributed by atoms with Crippen molar-refractivity contribution in [3.05, 3.63) is 47.8 Å². The highest BCUT2D eigenvalue weighted by Crippen LogP contribution is 2.12. The number of hydrogen-bond donors (Lipinski definition) is 1. The molecule has 1 aliphatic carbocycles. The molecule has 0 saturated heterocycles. The van der Waals surface area contributed by atoms with Crippen molar-refractivity contribution in [2.24, 2.45) is 0 Å². The first-order valence-electron chi connectivity index (χ1n) is 6.41. The molecule has 0 amide bonds. The van der Waals surface area contributed by atoms with Crippen LogP contribution in [0.5, 0.6) is 0 Å². The summed E-state index contributed by atoms with van der Waals surface area (Å²) in [5, 5.41) is 3.60. The molecule has 0 aromatic heterocycles. The zero-order chi connectivity index (χ0) is 12.1. The molecule has 0 spiro atoms. The van der Waals surface area contributed by atoms with Gasteiger partial charge in [-0.2, -0.15) is 0 Å². The summed E-state index contributed by atoms with van der Waals surface area (Å²) in [5.74, 6) is -0.162. The van der Waals surface area contributed by atoms with Crippen molar-refractivity contribution in [1.29, 1.82) is 0 Å². The van der Waals surface area contributed by atoms with E-state index in [-0.39, 0.29) is 5.82 Å². The molecule has 92 valence electrons. The molecule has 1 aromatic carbocycles. The molecular formula is C15H20FN.